The minimum Gasteiger partial charge on any atom is -0.488 e. The zero-order valence-electron chi connectivity index (χ0n) is 14.2. The first kappa shape index (κ1) is 17.3. The number of hydrogen-bond acceptors (Lipinski definition) is 8. The number of carbonyl (C=O) groups is 1. The van der Waals surface area contributed by atoms with Crippen LogP contribution >= 0.6 is 0 Å². The molecule has 0 aliphatic rings. The van der Waals surface area contributed by atoms with Crippen molar-refractivity contribution in [1.82, 2.24) is 19.9 Å². The summed E-state index contributed by atoms with van der Waals surface area (Å²) in [6.45, 7) is 2.38. The molecule has 0 aliphatic carbocycles. The highest BCUT2D eigenvalue weighted by molar-refractivity contribution is 5.88. The standard InChI is InChI=1S/C18H16N4O4/c1-3-25-15-5-4-6-20-17(15)26-14-7-12(8-19-11-14)16-21-9-13(10-22-16)18(23)24-2/h4-11H,3H2,1-2H3. The van der Waals surface area contributed by atoms with Gasteiger partial charge in [-0.05, 0) is 25.1 Å². The molecule has 132 valence electrons. The summed E-state index contributed by atoms with van der Waals surface area (Å²) in [4.78, 5) is 28.1. The van der Waals surface area contributed by atoms with Crippen molar-refractivity contribution in [1.29, 1.82) is 0 Å². The summed E-state index contributed by atoms with van der Waals surface area (Å²) in [5.41, 5.74) is 0.902. The normalized spacial score (nSPS) is 10.2. The Hall–Kier alpha value is -3.55. The molecule has 0 N–H and O–H groups in total. The second-order valence-electron chi connectivity index (χ2n) is 5.04. The molecule has 0 aliphatic heterocycles. The molecule has 0 aromatic carbocycles. The lowest BCUT2D eigenvalue weighted by Crippen LogP contribution is -2.03. The number of methoxy groups -OCH3 is 1. The van der Waals surface area contributed by atoms with Crippen molar-refractivity contribution in [2.24, 2.45) is 0 Å². The van der Waals surface area contributed by atoms with E-state index in [2.05, 4.69) is 24.7 Å². The smallest absolute Gasteiger partial charge is 0.341 e. The van der Waals surface area contributed by atoms with Crippen LogP contribution in [0.1, 0.15) is 17.3 Å². The predicted octanol–water partition coefficient (Wildman–Crippen LogP) is 2.91. The molecule has 0 atom stereocenters. The summed E-state index contributed by atoms with van der Waals surface area (Å²) in [7, 11) is 1.30. The fourth-order valence-electron chi connectivity index (χ4n) is 2.13. The lowest BCUT2D eigenvalue weighted by atomic mass is 10.2. The molecule has 3 heterocycles. The second-order valence-corrected chi connectivity index (χ2v) is 5.04. The van der Waals surface area contributed by atoms with Crippen molar-refractivity contribution in [2.45, 2.75) is 6.92 Å². The minimum atomic E-state index is -0.495. The molecule has 0 amide bonds. The Labute approximate surface area is 149 Å². The van der Waals surface area contributed by atoms with Crippen LogP contribution in [0.25, 0.3) is 11.4 Å². The van der Waals surface area contributed by atoms with E-state index in [0.717, 1.165) is 0 Å². The molecule has 0 radical (unpaired) electrons. The number of aromatic nitrogens is 4. The van der Waals surface area contributed by atoms with Crippen LogP contribution in [0.15, 0.2) is 49.2 Å². The van der Waals surface area contributed by atoms with Crippen molar-refractivity contribution >= 4 is 5.97 Å². The third kappa shape index (κ3) is 3.92. The van der Waals surface area contributed by atoms with Gasteiger partial charge in [0.1, 0.15) is 5.75 Å². The topological polar surface area (TPSA) is 96.3 Å². The number of hydrogen-bond donors (Lipinski definition) is 0. The van der Waals surface area contributed by atoms with Gasteiger partial charge in [-0.2, -0.15) is 0 Å². The first-order valence-corrected chi connectivity index (χ1v) is 7.82. The van der Waals surface area contributed by atoms with Crippen LogP contribution in [0, 0.1) is 0 Å². The van der Waals surface area contributed by atoms with Gasteiger partial charge in [0, 0.05) is 30.4 Å². The molecule has 8 nitrogen and oxygen atoms in total. The number of carbonyl (C=O) groups excluding carboxylic acids is 1. The van der Waals surface area contributed by atoms with Gasteiger partial charge in [0.2, 0.25) is 0 Å². The Morgan fingerprint density at radius 1 is 1.12 bits per heavy atom. The van der Waals surface area contributed by atoms with Crippen LogP contribution in [-0.2, 0) is 4.74 Å². The number of ether oxygens (including phenoxy) is 3. The van der Waals surface area contributed by atoms with Gasteiger partial charge < -0.3 is 14.2 Å². The largest absolute Gasteiger partial charge is 0.488 e. The van der Waals surface area contributed by atoms with Gasteiger partial charge in [0.05, 0.1) is 25.5 Å². The number of esters is 1. The Morgan fingerprint density at radius 2 is 1.92 bits per heavy atom. The highest BCUT2D eigenvalue weighted by atomic mass is 16.5. The molecule has 0 unspecified atom stereocenters. The van der Waals surface area contributed by atoms with Gasteiger partial charge in [0.25, 0.3) is 5.88 Å². The first-order chi connectivity index (χ1) is 12.7. The minimum absolute atomic E-state index is 0.270. The Bertz CT molecular complexity index is 900. The molecule has 0 bridgehead atoms. The van der Waals surface area contributed by atoms with Gasteiger partial charge in [-0.3, -0.25) is 4.98 Å². The first-order valence-electron chi connectivity index (χ1n) is 7.82. The lowest BCUT2D eigenvalue weighted by molar-refractivity contribution is 0.0600. The molecular formula is C18H16N4O4. The van der Waals surface area contributed by atoms with Crippen LogP contribution in [0.2, 0.25) is 0 Å². The maximum atomic E-state index is 11.5. The summed E-state index contributed by atoms with van der Waals surface area (Å²) >= 11 is 0. The molecule has 0 saturated carbocycles. The van der Waals surface area contributed by atoms with Crippen LogP contribution in [-0.4, -0.2) is 39.6 Å². The average Bonchev–Trinajstić information content (AvgIpc) is 2.69. The van der Waals surface area contributed by atoms with E-state index >= 15 is 0 Å². The molecular weight excluding hydrogens is 336 g/mol. The number of rotatable bonds is 6. The van der Waals surface area contributed by atoms with E-state index in [1.165, 1.54) is 19.5 Å². The Balaban J connectivity index is 1.84. The predicted molar refractivity (Wildman–Crippen MR) is 92.1 cm³/mol. The molecule has 0 saturated heterocycles. The molecule has 3 rings (SSSR count). The van der Waals surface area contributed by atoms with E-state index in [1.54, 1.807) is 36.8 Å². The molecule has 3 aromatic rings. The number of pyridine rings is 2. The van der Waals surface area contributed by atoms with E-state index in [-0.39, 0.29) is 5.56 Å². The van der Waals surface area contributed by atoms with E-state index in [9.17, 15) is 4.79 Å². The van der Waals surface area contributed by atoms with Gasteiger partial charge in [-0.25, -0.2) is 19.7 Å². The highest BCUT2D eigenvalue weighted by Crippen LogP contribution is 2.29. The summed E-state index contributed by atoms with van der Waals surface area (Å²) in [6.07, 6.45) is 7.56. The average molecular weight is 352 g/mol. The van der Waals surface area contributed by atoms with Crippen molar-refractivity contribution in [2.75, 3.05) is 13.7 Å². The van der Waals surface area contributed by atoms with E-state index in [0.29, 0.717) is 35.4 Å². The molecule has 3 aromatic heterocycles. The van der Waals surface area contributed by atoms with Crippen molar-refractivity contribution in [3.63, 3.8) is 0 Å². The third-order valence-corrected chi connectivity index (χ3v) is 3.29. The van der Waals surface area contributed by atoms with Crippen LogP contribution in [0.5, 0.6) is 17.4 Å². The summed E-state index contributed by atoms with van der Waals surface area (Å²) in [6, 6.07) is 5.27. The van der Waals surface area contributed by atoms with Gasteiger partial charge >= 0.3 is 5.97 Å². The lowest BCUT2D eigenvalue weighted by Gasteiger charge is -2.10. The van der Waals surface area contributed by atoms with Gasteiger partial charge in [-0.15, -0.1) is 0 Å². The van der Waals surface area contributed by atoms with Crippen molar-refractivity contribution in [3.05, 3.63) is 54.7 Å². The van der Waals surface area contributed by atoms with Crippen LogP contribution < -0.4 is 9.47 Å². The molecule has 26 heavy (non-hydrogen) atoms. The van der Waals surface area contributed by atoms with E-state index in [4.69, 9.17) is 9.47 Å². The quantitative estimate of drug-likeness (QED) is 0.625. The zero-order valence-corrected chi connectivity index (χ0v) is 14.2. The van der Waals surface area contributed by atoms with Crippen molar-refractivity contribution < 1.29 is 19.0 Å². The van der Waals surface area contributed by atoms with Gasteiger partial charge in [0.15, 0.2) is 11.6 Å². The fraction of sp³-hybridized carbons (Fsp3) is 0.167. The SMILES string of the molecule is CCOc1cccnc1Oc1cncc(-c2ncc(C(=O)OC)cn2)c1. The Morgan fingerprint density at radius 3 is 2.65 bits per heavy atom. The van der Waals surface area contributed by atoms with E-state index in [1.807, 2.05) is 6.92 Å². The van der Waals surface area contributed by atoms with Crippen molar-refractivity contribution in [3.8, 4) is 28.8 Å². The Kier molecular flexibility index (Phi) is 5.33. The zero-order chi connectivity index (χ0) is 18.4. The molecule has 8 heteroatoms. The number of nitrogens with zero attached hydrogens (tertiary/aromatic N) is 4. The monoisotopic (exact) mass is 352 g/mol. The highest BCUT2D eigenvalue weighted by Gasteiger charge is 2.11. The fourth-order valence-corrected chi connectivity index (χ4v) is 2.13. The maximum Gasteiger partial charge on any atom is 0.341 e. The summed E-state index contributed by atoms with van der Waals surface area (Å²) in [5, 5.41) is 0. The van der Waals surface area contributed by atoms with Crippen LogP contribution in [0.3, 0.4) is 0 Å². The third-order valence-electron chi connectivity index (χ3n) is 3.29. The summed E-state index contributed by atoms with van der Waals surface area (Å²) < 4.78 is 15.9. The van der Waals surface area contributed by atoms with Gasteiger partial charge in [-0.1, -0.05) is 0 Å². The molecule has 0 fully saturated rings. The van der Waals surface area contributed by atoms with Crippen LogP contribution in [0.4, 0.5) is 0 Å². The summed E-state index contributed by atoms with van der Waals surface area (Å²) in [5.74, 6) is 1.25. The maximum absolute atomic E-state index is 11.5. The second kappa shape index (κ2) is 8.02. The molecule has 0 spiro atoms. The van der Waals surface area contributed by atoms with E-state index < -0.39 is 5.97 Å².